The molecule has 0 radical (unpaired) electrons. The maximum atomic E-state index is 11.6. The lowest BCUT2D eigenvalue weighted by Crippen LogP contribution is -2.43. The quantitative estimate of drug-likeness (QED) is 0.299. The maximum Gasteiger partial charge on any atom is 0.211 e. The van der Waals surface area contributed by atoms with E-state index in [1.807, 2.05) is 0 Å². The third-order valence-electron chi connectivity index (χ3n) is 5.67. The lowest BCUT2D eigenvalue weighted by atomic mass is 9.98. The van der Waals surface area contributed by atoms with E-state index in [4.69, 9.17) is 9.47 Å². The van der Waals surface area contributed by atoms with Gasteiger partial charge in [0.2, 0.25) is 10.0 Å². The molecule has 8 nitrogen and oxygen atoms in total. The average molecular weight is 567 g/mol. The van der Waals surface area contributed by atoms with Crippen LogP contribution in [-0.2, 0) is 21.3 Å². The van der Waals surface area contributed by atoms with Crippen LogP contribution in [0.2, 0.25) is 0 Å². The van der Waals surface area contributed by atoms with Gasteiger partial charge in [0, 0.05) is 45.2 Å². The Hall–Kier alpha value is -1.11. The second kappa shape index (κ2) is 12.2. The van der Waals surface area contributed by atoms with Gasteiger partial charge in [0.1, 0.15) is 11.9 Å². The largest absolute Gasteiger partial charge is 0.488 e. The van der Waals surface area contributed by atoms with Crippen molar-refractivity contribution in [2.24, 2.45) is 10.9 Å². The van der Waals surface area contributed by atoms with Crippen LogP contribution >= 0.6 is 24.0 Å². The fourth-order valence-electron chi connectivity index (χ4n) is 3.79. The molecule has 2 heterocycles. The molecule has 176 valence electrons. The molecule has 0 saturated carbocycles. The molecule has 2 fully saturated rings. The SMILES string of the molecule is CN=C(NCc1ccc(C)cc1OC1CCOC1)NCC1CCN(S(C)(=O)=O)CC1.I. The third kappa shape index (κ3) is 8.07. The summed E-state index contributed by atoms with van der Waals surface area (Å²) in [4.78, 5) is 4.32. The van der Waals surface area contributed by atoms with Gasteiger partial charge < -0.3 is 20.1 Å². The van der Waals surface area contributed by atoms with Gasteiger partial charge in [-0.1, -0.05) is 12.1 Å². The summed E-state index contributed by atoms with van der Waals surface area (Å²) in [6, 6.07) is 6.24. The third-order valence-corrected chi connectivity index (χ3v) is 6.98. The monoisotopic (exact) mass is 566 g/mol. The second-order valence-electron chi connectivity index (χ2n) is 8.13. The first-order chi connectivity index (χ1) is 14.3. The zero-order valence-electron chi connectivity index (χ0n) is 18.6. The molecule has 0 bridgehead atoms. The number of piperidine rings is 1. The topological polar surface area (TPSA) is 92.3 Å². The van der Waals surface area contributed by atoms with Gasteiger partial charge in [-0.2, -0.15) is 0 Å². The van der Waals surface area contributed by atoms with Gasteiger partial charge in [-0.05, 0) is 37.3 Å². The van der Waals surface area contributed by atoms with Crippen molar-refractivity contribution in [1.29, 1.82) is 0 Å². The van der Waals surface area contributed by atoms with Crippen LogP contribution in [-0.4, -0.2) is 70.9 Å². The highest BCUT2D eigenvalue weighted by Gasteiger charge is 2.25. The first-order valence-corrected chi connectivity index (χ1v) is 12.4. The first kappa shape index (κ1) is 26.1. The average Bonchev–Trinajstić information content (AvgIpc) is 3.22. The van der Waals surface area contributed by atoms with Crippen molar-refractivity contribution in [2.45, 2.75) is 38.8 Å². The molecule has 0 amide bonds. The summed E-state index contributed by atoms with van der Waals surface area (Å²) in [7, 11) is -1.33. The molecule has 1 aromatic carbocycles. The molecule has 1 atom stereocenters. The van der Waals surface area contributed by atoms with Crippen LogP contribution in [0.25, 0.3) is 0 Å². The molecule has 0 aromatic heterocycles. The summed E-state index contributed by atoms with van der Waals surface area (Å²) in [5.41, 5.74) is 2.24. The molecule has 2 N–H and O–H groups in total. The molecule has 1 unspecified atom stereocenters. The molecule has 1 aromatic rings. The minimum atomic E-state index is -3.08. The zero-order chi connectivity index (χ0) is 21.6. The van der Waals surface area contributed by atoms with Crippen LogP contribution in [0.4, 0.5) is 0 Å². The highest BCUT2D eigenvalue weighted by Crippen LogP contribution is 2.24. The van der Waals surface area contributed by atoms with E-state index in [1.54, 1.807) is 11.4 Å². The predicted molar refractivity (Wildman–Crippen MR) is 134 cm³/mol. The van der Waals surface area contributed by atoms with Gasteiger partial charge in [-0.25, -0.2) is 12.7 Å². The first-order valence-electron chi connectivity index (χ1n) is 10.6. The smallest absolute Gasteiger partial charge is 0.211 e. The Kier molecular flexibility index (Phi) is 10.3. The lowest BCUT2D eigenvalue weighted by Gasteiger charge is -2.30. The zero-order valence-corrected chi connectivity index (χ0v) is 21.7. The molecule has 31 heavy (non-hydrogen) atoms. The van der Waals surface area contributed by atoms with Crippen molar-refractivity contribution >= 4 is 40.0 Å². The van der Waals surface area contributed by atoms with E-state index < -0.39 is 10.0 Å². The Morgan fingerprint density at radius 2 is 2.00 bits per heavy atom. The number of rotatable bonds is 7. The number of benzene rings is 1. The standard InChI is InChI=1S/C21H34N4O4S.HI/c1-16-4-5-18(20(12-16)29-19-8-11-28-15-19)14-24-21(22-2)23-13-17-6-9-25(10-7-17)30(3,26)27;/h4-5,12,17,19H,6-11,13-15H2,1-3H3,(H2,22,23,24);1H. The van der Waals surface area contributed by atoms with Crippen LogP contribution in [0.1, 0.15) is 30.4 Å². The number of aliphatic imine (C=N–C) groups is 1. The number of hydrogen-bond donors (Lipinski definition) is 2. The van der Waals surface area contributed by atoms with E-state index >= 15 is 0 Å². The predicted octanol–water partition coefficient (Wildman–Crippen LogP) is 2.12. The number of guanidine groups is 1. The highest BCUT2D eigenvalue weighted by molar-refractivity contribution is 14.0. The van der Waals surface area contributed by atoms with Crippen molar-refractivity contribution in [3.63, 3.8) is 0 Å². The number of nitrogens with one attached hydrogen (secondary N) is 2. The normalized spacial score (nSPS) is 20.9. The number of sulfonamides is 1. The Morgan fingerprint density at radius 1 is 1.26 bits per heavy atom. The number of nitrogens with zero attached hydrogens (tertiary/aromatic N) is 2. The van der Waals surface area contributed by atoms with Gasteiger partial charge in [-0.15, -0.1) is 24.0 Å². The summed E-state index contributed by atoms with van der Waals surface area (Å²) in [6.45, 7) is 6.01. The van der Waals surface area contributed by atoms with Gasteiger partial charge in [0.15, 0.2) is 5.96 Å². The molecular formula is C21H35IN4O4S. The summed E-state index contributed by atoms with van der Waals surface area (Å²) >= 11 is 0. The van der Waals surface area contributed by atoms with Crippen LogP contribution in [0.3, 0.4) is 0 Å². The summed E-state index contributed by atoms with van der Waals surface area (Å²) in [5.74, 6) is 2.06. The molecule has 2 aliphatic heterocycles. The molecule has 2 aliphatic rings. The van der Waals surface area contributed by atoms with Gasteiger partial charge in [0.25, 0.3) is 0 Å². The fourth-order valence-corrected chi connectivity index (χ4v) is 4.66. The van der Waals surface area contributed by atoms with Crippen LogP contribution in [0, 0.1) is 12.8 Å². The van der Waals surface area contributed by atoms with E-state index in [-0.39, 0.29) is 30.1 Å². The number of ether oxygens (including phenoxy) is 2. The van der Waals surface area contributed by atoms with E-state index in [0.717, 1.165) is 55.3 Å². The Balaban J connectivity index is 0.00000341. The van der Waals surface area contributed by atoms with E-state index in [1.165, 1.54) is 6.26 Å². The fraction of sp³-hybridized carbons (Fsp3) is 0.667. The second-order valence-corrected chi connectivity index (χ2v) is 10.1. The maximum absolute atomic E-state index is 11.6. The number of hydrogen-bond acceptors (Lipinski definition) is 5. The van der Waals surface area contributed by atoms with Crippen molar-refractivity contribution in [1.82, 2.24) is 14.9 Å². The molecule has 3 rings (SSSR count). The summed E-state index contributed by atoms with van der Waals surface area (Å²) < 4.78 is 36.4. The highest BCUT2D eigenvalue weighted by atomic mass is 127. The van der Waals surface area contributed by atoms with E-state index in [0.29, 0.717) is 32.2 Å². The Bertz CT molecular complexity index is 836. The Labute approximate surface area is 203 Å². The van der Waals surface area contributed by atoms with Gasteiger partial charge in [-0.3, -0.25) is 4.99 Å². The lowest BCUT2D eigenvalue weighted by molar-refractivity contribution is 0.140. The van der Waals surface area contributed by atoms with Gasteiger partial charge in [0.05, 0.1) is 19.5 Å². The molecule has 2 saturated heterocycles. The van der Waals surface area contributed by atoms with Crippen LogP contribution in [0.15, 0.2) is 23.2 Å². The molecular weight excluding hydrogens is 531 g/mol. The van der Waals surface area contributed by atoms with E-state index in [2.05, 4.69) is 40.7 Å². The molecule has 0 spiro atoms. The molecule has 0 aliphatic carbocycles. The minimum absolute atomic E-state index is 0. The van der Waals surface area contributed by atoms with Gasteiger partial charge >= 0.3 is 0 Å². The molecule has 10 heteroatoms. The Morgan fingerprint density at radius 3 is 2.61 bits per heavy atom. The number of halogens is 1. The van der Waals surface area contributed by atoms with Crippen molar-refractivity contribution < 1.29 is 17.9 Å². The van der Waals surface area contributed by atoms with E-state index in [9.17, 15) is 8.42 Å². The van der Waals surface area contributed by atoms with Crippen LogP contribution < -0.4 is 15.4 Å². The minimum Gasteiger partial charge on any atom is -0.488 e. The summed E-state index contributed by atoms with van der Waals surface area (Å²) in [6.07, 6.45) is 4.02. The van der Waals surface area contributed by atoms with Crippen molar-refractivity contribution in [3.8, 4) is 5.75 Å². The summed E-state index contributed by atoms with van der Waals surface area (Å²) in [5, 5.41) is 6.74. The number of aryl methyl sites for hydroxylation is 1. The van der Waals surface area contributed by atoms with Crippen molar-refractivity contribution in [3.05, 3.63) is 29.3 Å². The van der Waals surface area contributed by atoms with Crippen LogP contribution in [0.5, 0.6) is 5.75 Å². The van der Waals surface area contributed by atoms with Crippen molar-refractivity contribution in [2.75, 3.05) is 46.2 Å².